The molecule has 2 nitrogen and oxygen atoms in total. The van der Waals surface area contributed by atoms with E-state index in [1.54, 1.807) is 11.7 Å². The molecule has 0 aliphatic heterocycles. The van der Waals surface area contributed by atoms with E-state index in [0.29, 0.717) is 6.42 Å². The van der Waals surface area contributed by atoms with E-state index in [4.69, 9.17) is 0 Å². The number of aryl methyl sites for hydroxylation is 1. The Morgan fingerprint density at radius 2 is 2.07 bits per heavy atom. The Hall–Kier alpha value is -1.48. The SMILES string of the molecule is Cc1ccc(CC(=O)c2cncs2)cc1. The van der Waals surface area contributed by atoms with Gasteiger partial charge in [0.1, 0.15) is 0 Å². The van der Waals surface area contributed by atoms with Gasteiger partial charge in [0.05, 0.1) is 10.4 Å². The van der Waals surface area contributed by atoms with Gasteiger partial charge in [0.15, 0.2) is 5.78 Å². The summed E-state index contributed by atoms with van der Waals surface area (Å²) >= 11 is 1.39. The number of carbonyl (C=O) groups is 1. The maximum Gasteiger partial charge on any atom is 0.178 e. The molecular formula is C12H11NOS. The summed E-state index contributed by atoms with van der Waals surface area (Å²) in [5, 5.41) is 0. The van der Waals surface area contributed by atoms with Crippen LogP contribution in [0.1, 0.15) is 20.8 Å². The van der Waals surface area contributed by atoms with Gasteiger partial charge in [-0.25, -0.2) is 0 Å². The molecule has 2 aromatic rings. The Morgan fingerprint density at radius 1 is 1.33 bits per heavy atom. The third-order valence-electron chi connectivity index (χ3n) is 2.19. The first-order valence-electron chi connectivity index (χ1n) is 4.73. The quantitative estimate of drug-likeness (QED) is 0.740. The van der Waals surface area contributed by atoms with E-state index in [1.807, 2.05) is 31.2 Å². The lowest BCUT2D eigenvalue weighted by Gasteiger charge is -1.99. The Morgan fingerprint density at radius 3 is 2.67 bits per heavy atom. The second kappa shape index (κ2) is 4.36. The summed E-state index contributed by atoms with van der Waals surface area (Å²) in [5.41, 5.74) is 3.95. The average Bonchev–Trinajstić information content (AvgIpc) is 2.74. The molecule has 0 spiro atoms. The monoisotopic (exact) mass is 217 g/mol. The highest BCUT2D eigenvalue weighted by Crippen LogP contribution is 2.11. The van der Waals surface area contributed by atoms with Gasteiger partial charge in [-0.1, -0.05) is 29.8 Å². The van der Waals surface area contributed by atoms with Gasteiger partial charge < -0.3 is 0 Å². The summed E-state index contributed by atoms with van der Waals surface area (Å²) in [6.07, 6.45) is 2.09. The highest BCUT2D eigenvalue weighted by Gasteiger charge is 2.07. The van der Waals surface area contributed by atoms with Crippen molar-refractivity contribution in [1.82, 2.24) is 4.98 Å². The summed E-state index contributed by atoms with van der Waals surface area (Å²) in [6.45, 7) is 2.04. The smallest absolute Gasteiger partial charge is 0.178 e. The Bertz CT molecular complexity index is 445. The predicted molar refractivity (Wildman–Crippen MR) is 61.3 cm³/mol. The number of aromatic nitrogens is 1. The lowest BCUT2D eigenvalue weighted by Crippen LogP contribution is -2.00. The molecule has 76 valence electrons. The van der Waals surface area contributed by atoms with Gasteiger partial charge in [-0.15, -0.1) is 11.3 Å². The lowest BCUT2D eigenvalue weighted by atomic mass is 10.1. The van der Waals surface area contributed by atoms with Gasteiger partial charge in [0.25, 0.3) is 0 Å². The van der Waals surface area contributed by atoms with Crippen molar-refractivity contribution in [2.75, 3.05) is 0 Å². The first-order valence-corrected chi connectivity index (χ1v) is 5.61. The molecule has 0 bridgehead atoms. The molecule has 0 amide bonds. The molecule has 0 aliphatic rings. The summed E-state index contributed by atoms with van der Waals surface area (Å²) in [6, 6.07) is 8.03. The zero-order valence-electron chi connectivity index (χ0n) is 8.43. The minimum absolute atomic E-state index is 0.140. The molecule has 0 aliphatic carbocycles. The molecule has 0 unspecified atom stereocenters. The minimum atomic E-state index is 0.140. The normalized spacial score (nSPS) is 10.2. The highest BCUT2D eigenvalue weighted by atomic mass is 32.1. The van der Waals surface area contributed by atoms with Crippen LogP contribution in [-0.4, -0.2) is 10.8 Å². The fourth-order valence-electron chi connectivity index (χ4n) is 1.33. The van der Waals surface area contributed by atoms with Gasteiger partial charge in [-0.2, -0.15) is 0 Å². The van der Waals surface area contributed by atoms with E-state index in [9.17, 15) is 4.79 Å². The molecule has 0 N–H and O–H groups in total. The van der Waals surface area contributed by atoms with Crippen LogP contribution in [0.15, 0.2) is 36.0 Å². The van der Waals surface area contributed by atoms with Gasteiger partial charge in [-0.05, 0) is 12.5 Å². The lowest BCUT2D eigenvalue weighted by molar-refractivity contribution is 0.0996. The van der Waals surface area contributed by atoms with E-state index < -0.39 is 0 Å². The van der Waals surface area contributed by atoms with Gasteiger partial charge in [0.2, 0.25) is 0 Å². The van der Waals surface area contributed by atoms with Crippen molar-refractivity contribution in [3.63, 3.8) is 0 Å². The van der Waals surface area contributed by atoms with E-state index in [2.05, 4.69) is 4.98 Å². The summed E-state index contributed by atoms with van der Waals surface area (Å²) in [5.74, 6) is 0.140. The topological polar surface area (TPSA) is 30.0 Å². The van der Waals surface area contributed by atoms with Crippen molar-refractivity contribution in [3.8, 4) is 0 Å². The molecule has 0 atom stereocenters. The molecule has 0 saturated heterocycles. The van der Waals surface area contributed by atoms with Crippen molar-refractivity contribution in [1.29, 1.82) is 0 Å². The van der Waals surface area contributed by atoms with Gasteiger partial charge >= 0.3 is 0 Å². The second-order valence-corrected chi connectivity index (χ2v) is 4.34. The van der Waals surface area contributed by atoms with Crippen LogP contribution in [0.4, 0.5) is 0 Å². The van der Waals surface area contributed by atoms with Crippen LogP contribution >= 0.6 is 11.3 Å². The van der Waals surface area contributed by atoms with Crippen molar-refractivity contribution in [2.24, 2.45) is 0 Å². The fourth-order valence-corrected chi connectivity index (χ4v) is 1.89. The predicted octanol–water partition coefficient (Wildman–Crippen LogP) is 2.88. The minimum Gasteiger partial charge on any atom is -0.293 e. The first kappa shape index (κ1) is 10.1. The molecule has 1 aromatic heterocycles. The largest absolute Gasteiger partial charge is 0.293 e. The number of hydrogen-bond acceptors (Lipinski definition) is 3. The number of Topliss-reactive ketones (excluding diaryl/α,β-unsaturated/α-hetero) is 1. The Balaban J connectivity index is 2.09. The van der Waals surface area contributed by atoms with Crippen LogP contribution in [0, 0.1) is 6.92 Å². The number of ketones is 1. The van der Waals surface area contributed by atoms with Crippen molar-refractivity contribution >= 4 is 17.1 Å². The van der Waals surface area contributed by atoms with Gasteiger partial charge in [0, 0.05) is 12.6 Å². The molecule has 1 heterocycles. The third kappa shape index (κ3) is 2.50. The molecule has 2 rings (SSSR count). The molecule has 0 fully saturated rings. The van der Waals surface area contributed by atoms with Crippen LogP contribution in [0.25, 0.3) is 0 Å². The maximum absolute atomic E-state index is 11.7. The van der Waals surface area contributed by atoms with E-state index in [1.165, 1.54) is 16.9 Å². The van der Waals surface area contributed by atoms with Crippen LogP contribution < -0.4 is 0 Å². The van der Waals surface area contributed by atoms with E-state index >= 15 is 0 Å². The molecule has 3 heteroatoms. The average molecular weight is 217 g/mol. The molecule has 0 saturated carbocycles. The van der Waals surface area contributed by atoms with Gasteiger partial charge in [-0.3, -0.25) is 9.78 Å². The molecule has 15 heavy (non-hydrogen) atoms. The number of hydrogen-bond donors (Lipinski definition) is 0. The fraction of sp³-hybridized carbons (Fsp3) is 0.167. The molecule has 1 aromatic carbocycles. The van der Waals surface area contributed by atoms with Crippen LogP contribution in [0.3, 0.4) is 0 Å². The van der Waals surface area contributed by atoms with Crippen molar-refractivity contribution < 1.29 is 4.79 Å². The third-order valence-corrected chi connectivity index (χ3v) is 3.01. The second-order valence-electron chi connectivity index (χ2n) is 3.45. The van der Waals surface area contributed by atoms with Crippen LogP contribution in [0.2, 0.25) is 0 Å². The van der Waals surface area contributed by atoms with Crippen LogP contribution in [-0.2, 0) is 6.42 Å². The zero-order valence-corrected chi connectivity index (χ0v) is 9.25. The van der Waals surface area contributed by atoms with Crippen molar-refractivity contribution in [3.05, 3.63) is 52.0 Å². The number of rotatable bonds is 3. The maximum atomic E-state index is 11.7. The first-order chi connectivity index (χ1) is 7.25. The van der Waals surface area contributed by atoms with E-state index in [-0.39, 0.29) is 5.78 Å². The molecule has 0 radical (unpaired) electrons. The van der Waals surface area contributed by atoms with E-state index in [0.717, 1.165) is 10.4 Å². The standard InChI is InChI=1S/C12H11NOS/c1-9-2-4-10(5-3-9)6-11(14)12-7-13-8-15-12/h2-5,7-8H,6H2,1H3. The Kier molecular flexibility index (Phi) is 2.92. The number of benzene rings is 1. The van der Waals surface area contributed by atoms with Crippen LogP contribution in [0.5, 0.6) is 0 Å². The summed E-state index contributed by atoms with van der Waals surface area (Å²) in [7, 11) is 0. The number of nitrogens with zero attached hydrogens (tertiary/aromatic N) is 1. The van der Waals surface area contributed by atoms with Crippen molar-refractivity contribution in [2.45, 2.75) is 13.3 Å². The number of thiazole rings is 1. The Labute approximate surface area is 92.6 Å². The zero-order chi connectivity index (χ0) is 10.7. The molecular weight excluding hydrogens is 206 g/mol. The summed E-state index contributed by atoms with van der Waals surface area (Å²) in [4.78, 5) is 16.4. The highest BCUT2D eigenvalue weighted by molar-refractivity contribution is 7.11. The number of carbonyl (C=O) groups excluding carboxylic acids is 1. The summed E-state index contributed by atoms with van der Waals surface area (Å²) < 4.78 is 0.